The van der Waals surface area contributed by atoms with Gasteiger partial charge in [-0.15, -0.1) is 0 Å². The van der Waals surface area contributed by atoms with Gasteiger partial charge in [-0.1, -0.05) is 30.3 Å². The van der Waals surface area contributed by atoms with E-state index in [0.717, 1.165) is 29.1 Å². The normalized spacial score (nSPS) is 38.0. The maximum absolute atomic E-state index is 6.37. The van der Waals surface area contributed by atoms with Gasteiger partial charge in [-0.25, -0.2) is 0 Å². The van der Waals surface area contributed by atoms with E-state index in [0.29, 0.717) is 0 Å². The topological polar surface area (TPSA) is 31.4 Å². The largest absolute Gasteiger partial charge is 0.496 e. The van der Waals surface area contributed by atoms with Crippen LogP contribution >= 0.6 is 0 Å². The van der Waals surface area contributed by atoms with Crippen molar-refractivity contribution in [2.24, 2.45) is 23.7 Å². The number of pyridine rings is 1. The van der Waals surface area contributed by atoms with Crippen LogP contribution in [-0.4, -0.2) is 23.3 Å². The molecule has 1 aromatic heterocycles. The summed E-state index contributed by atoms with van der Waals surface area (Å²) in [5.41, 5.74) is 6.14. The average Bonchev–Trinajstić information content (AvgIpc) is 3.13. The van der Waals surface area contributed by atoms with Gasteiger partial charge < -0.3 is 9.31 Å². The summed E-state index contributed by atoms with van der Waals surface area (Å²) < 4.78 is 12.7. The Morgan fingerprint density at radius 2 is 1.45 bits per heavy atom. The Hall–Kier alpha value is -1.65. The minimum atomic E-state index is -0.356. The second-order valence-electron chi connectivity index (χ2n) is 12.0. The van der Waals surface area contributed by atoms with Gasteiger partial charge >= 0.3 is 7.12 Å². The van der Waals surface area contributed by atoms with Crippen LogP contribution in [0.4, 0.5) is 0 Å². The monoisotopic (exact) mass is 413 g/mol. The number of aromatic nitrogens is 1. The Labute approximate surface area is 186 Å². The molecular formula is C27H32BNO2. The number of hydrogen-bond acceptors (Lipinski definition) is 3. The van der Waals surface area contributed by atoms with Gasteiger partial charge in [0, 0.05) is 22.6 Å². The summed E-state index contributed by atoms with van der Waals surface area (Å²) in [6.45, 7) is 8.47. The van der Waals surface area contributed by atoms with Crippen molar-refractivity contribution in [2.45, 2.75) is 76.4 Å². The lowest BCUT2D eigenvalue weighted by Crippen LogP contribution is -2.55. The molecule has 1 aromatic carbocycles. The van der Waals surface area contributed by atoms with E-state index in [1.165, 1.54) is 48.9 Å². The molecular weight excluding hydrogens is 381 g/mol. The molecule has 0 N–H and O–H groups in total. The van der Waals surface area contributed by atoms with Crippen LogP contribution in [0, 0.1) is 23.7 Å². The molecule has 3 nitrogen and oxygen atoms in total. The highest BCUT2D eigenvalue weighted by Gasteiger charge is 2.62. The molecule has 1 aliphatic heterocycles. The first-order valence-electron chi connectivity index (χ1n) is 12.3. The van der Waals surface area contributed by atoms with E-state index in [2.05, 4.69) is 64.2 Å². The van der Waals surface area contributed by atoms with Gasteiger partial charge in [-0.2, -0.15) is 0 Å². The molecule has 0 radical (unpaired) electrons. The number of hydrogen-bond donors (Lipinski definition) is 0. The number of benzene rings is 1. The van der Waals surface area contributed by atoms with Gasteiger partial charge in [-0.05, 0) is 94.6 Å². The average molecular weight is 413 g/mol. The van der Waals surface area contributed by atoms with E-state index in [4.69, 9.17) is 14.3 Å². The van der Waals surface area contributed by atoms with Crippen molar-refractivity contribution in [3.8, 4) is 11.1 Å². The van der Waals surface area contributed by atoms with Crippen LogP contribution in [0.5, 0.6) is 0 Å². The summed E-state index contributed by atoms with van der Waals surface area (Å²) in [5, 5.41) is 0. The van der Waals surface area contributed by atoms with Gasteiger partial charge in [0.15, 0.2) is 0 Å². The Balaban J connectivity index is 1.38. The molecule has 8 rings (SSSR count). The van der Waals surface area contributed by atoms with Crippen molar-refractivity contribution in [2.75, 3.05) is 0 Å². The van der Waals surface area contributed by atoms with Crippen LogP contribution in [0.15, 0.2) is 36.5 Å². The lowest BCUT2D eigenvalue weighted by Gasteiger charge is -2.60. The summed E-state index contributed by atoms with van der Waals surface area (Å²) in [4.78, 5) is 5.25. The summed E-state index contributed by atoms with van der Waals surface area (Å²) >= 11 is 0. The Morgan fingerprint density at radius 3 is 2.10 bits per heavy atom. The van der Waals surface area contributed by atoms with Crippen LogP contribution in [0.25, 0.3) is 11.1 Å². The third-order valence-corrected chi connectivity index (χ3v) is 9.91. The second kappa shape index (κ2) is 5.82. The molecule has 31 heavy (non-hydrogen) atoms. The van der Waals surface area contributed by atoms with Gasteiger partial charge in [-0.3, -0.25) is 4.98 Å². The minimum Gasteiger partial charge on any atom is -0.399 e. The first-order valence-corrected chi connectivity index (χ1v) is 12.3. The van der Waals surface area contributed by atoms with Crippen molar-refractivity contribution in [3.63, 3.8) is 0 Å². The Bertz CT molecular complexity index is 1050. The van der Waals surface area contributed by atoms with E-state index in [9.17, 15) is 0 Å². The van der Waals surface area contributed by atoms with Gasteiger partial charge in [0.25, 0.3) is 0 Å². The molecule has 1 saturated heterocycles. The third-order valence-electron chi connectivity index (χ3n) is 9.91. The van der Waals surface area contributed by atoms with Crippen LogP contribution in [-0.2, 0) is 14.7 Å². The quantitative estimate of drug-likeness (QED) is 0.610. The maximum atomic E-state index is 6.37. The highest BCUT2D eigenvalue weighted by atomic mass is 16.7. The SMILES string of the molecule is CC1(C)OB(c2cnc3c(c2)-c2ccccc2C32C3CC4CC(C3)CC2C4)OC1(C)C. The fraction of sp³-hybridized carbons (Fsp3) is 0.593. The fourth-order valence-corrected chi connectivity index (χ4v) is 8.08. The van der Waals surface area contributed by atoms with E-state index in [1.807, 2.05) is 0 Å². The van der Waals surface area contributed by atoms with Crippen molar-refractivity contribution >= 4 is 12.6 Å². The molecule has 2 heterocycles. The summed E-state index contributed by atoms with van der Waals surface area (Å²) in [5.74, 6) is 3.41. The molecule has 0 atom stereocenters. The number of rotatable bonds is 1. The molecule has 160 valence electrons. The molecule has 5 aliphatic carbocycles. The van der Waals surface area contributed by atoms with E-state index in [1.54, 1.807) is 5.56 Å². The summed E-state index contributed by atoms with van der Waals surface area (Å²) in [6.07, 6.45) is 9.09. The molecule has 6 aliphatic rings. The van der Waals surface area contributed by atoms with Crippen LogP contribution in [0.1, 0.15) is 71.1 Å². The molecule has 4 heteroatoms. The first kappa shape index (κ1) is 18.9. The lowest BCUT2D eigenvalue weighted by atomic mass is 9.43. The smallest absolute Gasteiger partial charge is 0.399 e. The molecule has 4 saturated carbocycles. The van der Waals surface area contributed by atoms with Crippen molar-refractivity contribution in [1.29, 1.82) is 0 Å². The highest BCUT2D eigenvalue weighted by Crippen LogP contribution is 2.68. The molecule has 4 bridgehead atoms. The molecule has 5 fully saturated rings. The second-order valence-corrected chi connectivity index (χ2v) is 12.0. The van der Waals surface area contributed by atoms with Crippen LogP contribution in [0.3, 0.4) is 0 Å². The Kier molecular flexibility index (Phi) is 3.55. The van der Waals surface area contributed by atoms with E-state index >= 15 is 0 Å². The predicted octanol–water partition coefficient (Wildman–Crippen LogP) is 5.10. The van der Waals surface area contributed by atoms with Crippen LogP contribution < -0.4 is 5.46 Å². The van der Waals surface area contributed by atoms with E-state index in [-0.39, 0.29) is 23.7 Å². The lowest BCUT2D eigenvalue weighted by molar-refractivity contribution is -0.0415. The predicted molar refractivity (Wildman–Crippen MR) is 123 cm³/mol. The number of nitrogens with zero attached hydrogens (tertiary/aromatic N) is 1. The standard InChI is InChI=1S/C27H32BNO2/c1-25(2)26(3,4)31-28(30-25)20-14-22-21-7-5-6-8-23(21)27(24(22)29-15-20)18-10-16-9-17(12-18)13-19(27)11-16/h5-8,14-19H,9-13H2,1-4H3. The highest BCUT2D eigenvalue weighted by molar-refractivity contribution is 6.62. The van der Waals surface area contributed by atoms with Gasteiger partial charge in [0.2, 0.25) is 0 Å². The van der Waals surface area contributed by atoms with Crippen LogP contribution in [0.2, 0.25) is 0 Å². The zero-order valence-electron chi connectivity index (χ0n) is 19.2. The fourth-order valence-electron chi connectivity index (χ4n) is 8.08. The van der Waals surface area contributed by atoms with E-state index < -0.39 is 0 Å². The van der Waals surface area contributed by atoms with Gasteiger partial charge in [0.1, 0.15) is 0 Å². The van der Waals surface area contributed by atoms with Crippen molar-refractivity contribution in [1.82, 2.24) is 4.98 Å². The molecule has 2 aromatic rings. The zero-order chi connectivity index (χ0) is 21.2. The summed E-state index contributed by atoms with van der Waals surface area (Å²) in [6, 6.07) is 11.5. The molecule has 1 spiro atoms. The van der Waals surface area contributed by atoms with Gasteiger partial charge in [0.05, 0.1) is 16.9 Å². The minimum absolute atomic E-state index is 0.133. The molecule has 0 amide bonds. The zero-order valence-corrected chi connectivity index (χ0v) is 19.2. The van der Waals surface area contributed by atoms with Crippen molar-refractivity contribution < 1.29 is 9.31 Å². The Morgan fingerprint density at radius 1 is 0.839 bits per heavy atom. The molecule has 0 unspecified atom stereocenters. The van der Waals surface area contributed by atoms with Crippen molar-refractivity contribution in [3.05, 3.63) is 47.8 Å². The maximum Gasteiger partial charge on any atom is 0.496 e. The summed E-state index contributed by atoms with van der Waals surface area (Å²) in [7, 11) is -0.356. The first-order chi connectivity index (χ1) is 14.8. The number of fused-ring (bicyclic) bond motifs is 3. The third kappa shape index (κ3) is 2.26.